The van der Waals surface area contributed by atoms with E-state index in [1.165, 1.54) is 39.1 Å². The molecule has 2 nitrogen and oxygen atoms in total. The van der Waals surface area contributed by atoms with Crippen LogP contribution in [0, 0.1) is 0 Å². The molecular formula is C15H16BrNOS. The van der Waals surface area contributed by atoms with Gasteiger partial charge in [-0.25, -0.2) is 0 Å². The van der Waals surface area contributed by atoms with Crippen LogP contribution in [0.3, 0.4) is 0 Å². The van der Waals surface area contributed by atoms with Crippen LogP contribution in [0.25, 0.3) is 0 Å². The molecule has 0 saturated heterocycles. The van der Waals surface area contributed by atoms with E-state index in [0.29, 0.717) is 11.8 Å². The van der Waals surface area contributed by atoms with Gasteiger partial charge in [0.15, 0.2) is 0 Å². The van der Waals surface area contributed by atoms with Crippen molar-refractivity contribution in [2.45, 2.75) is 31.8 Å². The molecule has 4 heteroatoms. The number of hydrogen-bond acceptors (Lipinski definition) is 3. The molecular weight excluding hydrogens is 322 g/mol. The zero-order valence-corrected chi connectivity index (χ0v) is 12.9. The van der Waals surface area contributed by atoms with Gasteiger partial charge >= 0.3 is 0 Å². The van der Waals surface area contributed by atoms with Crippen molar-refractivity contribution in [2.75, 3.05) is 0 Å². The van der Waals surface area contributed by atoms with Gasteiger partial charge in [0.1, 0.15) is 5.75 Å². The lowest BCUT2D eigenvalue weighted by atomic mass is 9.94. The summed E-state index contributed by atoms with van der Waals surface area (Å²) >= 11 is 5.45. The molecule has 3 rings (SSSR count). The molecule has 1 unspecified atom stereocenters. The number of phenols is 1. The highest BCUT2D eigenvalue weighted by Gasteiger charge is 2.21. The Bertz CT molecular complexity index is 564. The summed E-state index contributed by atoms with van der Waals surface area (Å²) in [6, 6.07) is 10.1. The van der Waals surface area contributed by atoms with E-state index in [9.17, 15) is 5.11 Å². The van der Waals surface area contributed by atoms with E-state index in [0.717, 1.165) is 6.54 Å². The second-order valence-electron chi connectivity index (χ2n) is 4.92. The topological polar surface area (TPSA) is 32.3 Å². The molecule has 1 aliphatic rings. The van der Waals surface area contributed by atoms with Crippen LogP contribution in [0.1, 0.15) is 34.9 Å². The van der Waals surface area contributed by atoms with Crippen LogP contribution in [0.15, 0.2) is 34.1 Å². The summed E-state index contributed by atoms with van der Waals surface area (Å²) in [7, 11) is 0. The first-order valence-corrected chi connectivity index (χ1v) is 8.13. The minimum atomic E-state index is 0.325. The number of thiophene rings is 1. The number of rotatable bonds is 3. The highest BCUT2D eigenvalue weighted by atomic mass is 79.9. The van der Waals surface area contributed by atoms with Crippen LogP contribution >= 0.6 is 27.3 Å². The van der Waals surface area contributed by atoms with Gasteiger partial charge in [0.25, 0.3) is 0 Å². The fourth-order valence-electron chi connectivity index (χ4n) is 2.59. The average molecular weight is 338 g/mol. The molecule has 0 fully saturated rings. The molecule has 1 aromatic heterocycles. The second-order valence-corrected chi connectivity index (χ2v) is 7.44. The van der Waals surface area contributed by atoms with Gasteiger partial charge in [-0.1, -0.05) is 12.1 Å². The van der Waals surface area contributed by atoms with Crippen molar-refractivity contribution in [1.29, 1.82) is 0 Å². The zero-order chi connectivity index (χ0) is 13.2. The van der Waals surface area contributed by atoms with E-state index < -0.39 is 0 Å². The third-order valence-corrected chi connectivity index (χ3v) is 5.29. The summed E-state index contributed by atoms with van der Waals surface area (Å²) in [5.74, 6) is 0.325. The fourth-order valence-corrected chi connectivity index (χ4v) is 4.41. The first-order valence-electron chi connectivity index (χ1n) is 6.52. The van der Waals surface area contributed by atoms with E-state index in [-0.39, 0.29) is 0 Å². The van der Waals surface area contributed by atoms with E-state index in [4.69, 9.17) is 0 Å². The van der Waals surface area contributed by atoms with E-state index >= 15 is 0 Å². The highest BCUT2D eigenvalue weighted by Crippen LogP contribution is 2.38. The summed E-state index contributed by atoms with van der Waals surface area (Å²) in [5.41, 5.74) is 2.67. The molecule has 0 aliphatic heterocycles. The SMILES string of the molecule is Oc1ccc(CNC2CCCc3sc(Br)cc32)cc1. The molecule has 0 radical (unpaired) electrons. The monoisotopic (exact) mass is 337 g/mol. The van der Waals surface area contributed by atoms with Gasteiger partial charge in [-0.2, -0.15) is 0 Å². The molecule has 0 amide bonds. The maximum atomic E-state index is 9.28. The molecule has 19 heavy (non-hydrogen) atoms. The predicted molar refractivity (Wildman–Crippen MR) is 82.6 cm³/mol. The van der Waals surface area contributed by atoms with Crippen LogP contribution in [0.4, 0.5) is 0 Å². The number of benzene rings is 1. The molecule has 1 aromatic carbocycles. The van der Waals surface area contributed by atoms with Crippen molar-refractivity contribution in [3.63, 3.8) is 0 Å². The molecule has 100 valence electrons. The van der Waals surface area contributed by atoms with Gasteiger partial charge in [0, 0.05) is 17.5 Å². The Morgan fingerprint density at radius 3 is 2.89 bits per heavy atom. The summed E-state index contributed by atoms with van der Waals surface area (Å²) in [6.45, 7) is 0.845. The first-order chi connectivity index (χ1) is 9.22. The smallest absolute Gasteiger partial charge is 0.115 e. The van der Waals surface area contributed by atoms with Crippen molar-refractivity contribution < 1.29 is 5.11 Å². The Kier molecular flexibility index (Phi) is 3.91. The minimum absolute atomic E-state index is 0.325. The lowest BCUT2D eigenvalue weighted by Crippen LogP contribution is -2.23. The quantitative estimate of drug-likeness (QED) is 0.870. The zero-order valence-electron chi connectivity index (χ0n) is 10.5. The minimum Gasteiger partial charge on any atom is -0.508 e. The molecule has 0 saturated carbocycles. The van der Waals surface area contributed by atoms with Gasteiger partial charge in [0.2, 0.25) is 0 Å². The molecule has 2 N–H and O–H groups in total. The molecule has 2 aromatic rings. The Hall–Kier alpha value is -0.840. The van der Waals surface area contributed by atoms with Gasteiger partial charge in [-0.15, -0.1) is 11.3 Å². The number of nitrogens with one attached hydrogen (secondary N) is 1. The van der Waals surface area contributed by atoms with Crippen LogP contribution in [-0.4, -0.2) is 5.11 Å². The standard InChI is InChI=1S/C15H16BrNOS/c16-15-8-12-13(2-1-3-14(12)19-15)17-9-10-4-6-11(18)7-5-10/h4-8,13,17-18H,1-3,9H2. The highest BCUT2D eigenvalue weighted by molar-refractivity contribution is 9.11. The number of aryl methyl sites for hydroxylation is 1. The lowest BCUT2D eigenvalue weighted by molar-refractivity contribution is 0.461. The van der Waals surface area contributed by atoms with Crippen molar-refractivity contribution >= 4 is 27.3 Å². The summed E-state index contributed by atoms with van der Waals surface area (Å²) < 4.78 is 1.23. The number of aromatic hydroxyl groups is 1. The third-order valence-electron chi connectivity index (χ3n) is 3.57. The van der Waals surface area contributed by atoms with E-state index in [2.05, 4.69) is 27.3 Å². The number of phenolic OH excluding ortho intramolecular Hbond substituents is 1. The fraction of sp³-hybridized carbons (Fsp3) is 0.333. The largest absolute Gasteiger partial charge is 0.508 e. The number of fused-ring (bicyclic) bond motifs is 1. The van der Waals surface area contributed by atoms with Crippen molar-refractivity contribution in [3.05, 3.63) is 50.1 Å². The molecule has 1 atom stereocenters. The Balaban J connectivity index is 1.69. The van der Waals surface area contributed by atoms with E-state index in [1.54, 1.807) is 12.1 Å². The van der Waals surface area contributed by atoms with E-state index in [1.807, 2.05) is 23.5 Å². The van der Waals surface area contributed by atoms with Gasteiger partial charge in [0.05, 0.1) is 3.79 Å². The predicted octanol–water partition coefficient (Wildman–Crippen LogP) is 4.38. The number of halogens is 1. The van der Waals surface area contributed by atoms with Crippen LogP contribution in [0.2, 0.25) is 0 Å². The molecule has 1 aliphatic carbocycles. The molecule has 0 bridgehead atoms. The first kappa shape index (κ1) is 13.2. The molecule has 1 heterocycles. The normalized spacial score (nSPS) is 18.3. The molecule has 0 spiro atoms. The number of hydrogen-bond donors (Lipinski definition) is 2. The second kappa shape index (κ2) is 5.65. The summed E-state index contributed by atoms with van der Waals surface area (Å²) in [4.78, 5) is 1.52. The van der Waals surface area contributed by atoms with Crippen LogP contribution in [0.5, 0.6) is 5.75 Å². The van der Waals surface area contributed by atoms with Gasteiger partial charge in [-0.05, 0) is 64.5 Å². The van der Waals surface area contributed by atoms with Crippen LogP contribution in [-0.2, 0) is 13.0 Å². The van der Waals surface area contributed by atoms with Gasteiger partial charge in [-0.3, -0.25) is 0 Å². The van der Waals surface area contributed by atoms with Crippen molar-refractivity contribution in [3.8, 4) is 5.75 Å². The maximum Gasteiger partial charge on any atom is 0.115 e. The lowest BCUT2D eigenvalue weighted by Gasteiger charge is -2.23. The van der Waals surface area contributed by atoms with Crippen molar-refractivity contribution in [2.24, 2.45) is 0 Å². The van der Waals surface area contributed by atoms with Crippen molar-refractivity contribution in [1.82, 2.24) is 5.32 Å². The maximum absolute atomic E-state index is 9.28. The Morgan fingerprint density at radius 1 is 1.32 bits per heavy atom. The van der Waals surface area contributed by atoms with Gasteiger partial charge < -0.3 is 10.4 Å². The average Bonchev–Trinajstić information content (AvgIpc) is 2.79. The third kappa shape index (κ3) is 3.02. The summed E-state index contributed by atoms with van der Waals surface area (Å²) in [5, 5.41) is 12.9. The van der Waals surface area contributed by atoms with Crippen LogP contribution < -0.4 is 5.32 Å². The Morgan fingerprint density at radius 2 is 2.11 bits per heavy atom. The Labute approximate surface area is 125 Å². The summed E-state index contributed by atoms with van der Waals surface area (Å²) in [6.07, 6.45) is 3.67.